The summed E-state index contributed by atoms with van der Waals surface area (Å²) >= 11 is 0. The van der Waals surface area contributed by atoms with Crippen molar-refractivity contribution < 1.29 is 32.2 Å². The van der Waals surface area contributed by atoms with E-state index < -0.39 is 6.36 Å². The number of carbonyl (C=O) groups is 1. The van der Waals surface area contributed by atoms with Crippen molar-refractivity contribution in [3.63, 3.8) is 0 Å². The SMILES string of the molecule is COc1cccc(OC)c1[C@@H]1C[C@H](N(C)C)C(=O)N1Cc1ccc(OC(F)(F)F)cc1. The summed E-state index contributed by atoms with van der Waals surface area (Å²) < 4.78 is 52.3. The Morgan fingerprint density at radius 1 is 1.03 bits per heavy atom. The largest absolute Gasteiger partial charge is 0.573 e. The van der Waals surface area contributed by atoms with E-state index in [1.165, 1.54) is 24.3 Å². The van der Waals surface area contributed by atoms with E-state index in [0.717, 1.165) is 5.56 Å². The fraction of sp³-hybridized carbons (Fsp3) is 0.409. The predicted octanol–water partition coefficient (Wildman–Crippen LogP) is 4.01. The standard InChI is InChI=1S/C22H25F3N2O4/c1-26(2)17-12-16(20-18(29-3)6-5-7-19(20)30-4)27(21(17)28)13-14-8-10-15(11-9-14)31-22(23,24)25/h5-11,16-17H,12-13H2,1-4H3/t16-,17-/m0/s1. The van der Waals surface area contributed by atoms with Crippen LogP contribution >= 0.6 is 0 Å². The highest BCUT2D eigenvalue weighted by atomic mass is 19.4. The Balaban J connectivity index is 1.94. The van der Waals surface area contributed by atoms with Gasteiger partial charge in [0.05, 0.1) is 31.9 Å². The first-order valence-corrected chi connectivity index (χ1v) is 9.67. The number of likely N-dealkylation sites (tertiary alicyclic amines) is 1. The molecule has 2 aromatic rings. The number of hydrogen-bond acceptors (Lipinski definition) is 5. The number of alkyl halides is 3. The van der Waals surface area contributed by atoms with Crippen LogP contribution in [0.2, 0.25) is 0 Å². The first kappa shape index (κ1) is 22.7. The second-order valence-electron chi connectivity index (χ2n) is 7.47. The second kappa shape index (κ2) is 9.05. The lowest BCUT2D eigenvalue weighted by atomic mass is 10.00. The third-order valence-electron chi connectivity index (χ3n) is 5.32. The minimum Gasteiger partial charge on any atom is -0.496 e. The molecule has 0 unspecified atom stereocenters. The fourth-order valence-electron chi connectivity index (χ4n) is 3.88. The van der Waals surface area contributed by atoms with Gasteiger partial charge in [-0.2, -0.15) is 0 Å². The average molecular weight is 438 g/mol. The topological polar surface area (TPSA) is 51.2 Å². The summed E-state index contributed by atoms with van der Waals surface area (Å²) in [7, 11) is 6.79. The lowest BCUT2D eigenvalue weighted by molar-refractivity contribution is -0.274. The summed E-state index contributed by atoms with van der Waals surface area (Å²) in [5.41, 5.74) is 1.45. The van der Waals surface area contributed by atoms with E-state index in [1.54, 1.807) is 19.1 Å². The quantitative estimate of drug-likeness (QED) is 0.654. The van der Waals surface area contributed by atoms with Crippen LogP contribution in [0, 0.1) is 0 Å². The molecule has 1 saturated heterocycles. The molecule has 1 amide bonds. The van der Waals surface area contributed by atoms with Gasteiger partial charge in [-0.05, 0) is 50.3 Å². The lowest BCUT2D eigenvalue weighted by Gasteiger charge is -2.27. The highest BCUT2D eigenvalue weighted by Crippen LogP contribution is 2.44. The van der Waals surface area contributed by atoms with Gasteiger partial charge in [0, 0.05) is 6.54 Å². The van der Waals surface area contributed by atoms with Crippen molar-refractivity contribution in [3.05, 3.63) is 53.6 Å². The van der Waals surface area contributed by atoms with Crippen LogP contribution in [0.1, 0.15) is 23.6 Å². The Morgan fingerprint density at radius 2 is 1.61 bits per heavy atom. The van der Waals surface area contributed by atoms with Crippen molar-refractivity contribution in [2.45, 2.75) is 31.4 Å². The molecule has 1 aliphatic heterocycles. The fourth-order valence-corrected chi connectivity index (χ4v) is 3.88. The molecule has 0 aromatic heterocycles. The zero-order chi connectivity index (χ0) is 22.8. The van der Waals surface area contributed by atoms with Gasteiger partial charge < -0.3 is 19.1 Å². The highest BCUT2D eigenvalue weighted by Gasteiger charge is 2.43. The molecule has 0 spiro atoms. The molecule has 1 heterocycles. The van der Waals surface area contributed by atoms with Gasteiger partial charge in [-0.3, -0.25) is 9.69 Å². The van der Waals surface area contributed by atoms with Crippen molar-refractivity contribution in [2.24, 2.45) is 0 Å². The zero-order valence-electron chi connectivity index (χ0n) is 17.8. The van der Waals surface area contributed by atoms with E-state index >= 15 is 0 Å². The van der Waals surface area contributed by atoms with Crippen molar-refractivity contribution >= 4 is 5.91 Å². The number of carbonyl (C=O) groups excluding carboxylic acids is 1. The number of halogens is 3. The van der Waals surface area contributed by atoms with Crippen LogP contribution in [0.5, 0.6) is 17.2 Å². The molecule has 0 aliphatic carbocycles. The number of hydrogen-bond donors (Lipinski definition) is 0. The maximum atomic E-state index is 13.2. The third-order valence-corrected chi connectivity index (χ3v) is 5.32. The molecule has 0 saturated carbocycles. The number of nitrogens with zero attached hydrogens (tertiary/aromatic N) is 2. The highest BCUT2D eigenvalue weighted by molar-refractivity contribution is 5.85. The minimum atomic E-state index is -4.75. The third kappa shape index (κ3) is 5.04. The Labute approximate surface area is 179 Å². The number of amides is 1. The van der Waals surface area contributed by atoms with Crippen molar-refractivity contribution in [3.8, 4) is 17.2 Å². The molecule has 2 aromatic carbocycles. The van der Waals surface area contributed by atoms with Crippen LogP contribution in [0.4, 0.5) is 13.2 Å². The summed E-state index contributed by atoms with van der Waals surface area (Å²) in [5.74, 6) is 0.836. The molecule has 9 heteroatoms. The number of methoxy groups -OCH3 is 2. The van der Waals surface area contributed by atoms with Gasteiger partial charge >= 0.3 is 6.36 Å². The monoisotopic (exact) mass is 438 g/mol. The number of ether oxygens (including phenoxy) is 3. The first-order chi connectivity index (χ1) is 14.6. The number of rotatable bonds is 7. The van der Waals surface area contributed by atoms with Crippen molar-refractivity contribution in [1.82, 2.24) is 9.80 Å². The van der Waals surface area contributed by atoms with Crippen molar-refractivity contribution in [1.29, 1.82) is 0 Å². The van der Waals surface area contributed by atoms with Gasteiger partial charge in [-0.25, -0.2) is 0 Å². The molecule has 2 atom stereocenters. The van der Waals surface area contributed by atoms with E-state index in [4.69, 9.17) is 9.47 Å². The molecule has 1 fully saturated rings. The Kier molecular flexibility index (Phi) is 6.64. The van der Waals surface area contributed by atoms with Crippen LogP contribution in [0.15, 0.2) is 42.5 Å². The zero-order valence-corrected chi connectivity index (χ0v) is 17.8. The van der Waals surface area contributed by atoms with E-state index in [1.807, 2.05) is 37.2 Å². The van der Waals surface area contributed by atoms with Gasteiger partial charge in [-0.1, -0.05) is 18.2 Å². The number of likely N-dealkylation sites (N-methyl/N-ethyl adjacent to an activating group) is 1. The molecule has 0 radical (unpaired) electrons. The molecule has 6 nitrogen and oxygen atoms in total. The van der Waals surface area contributed by atoms with Crippen LogP contribution in [0.3, 0.4) is 0 Å². The molecule has 1 aliphatic rings. The van der Waals surface area contributed by atoms with E-state index in [2.05, 4.69) is 4.74 Å². The predicted molar refractivity (Wildman–Crippen MR) is 108 cm³/mol. The molecule has 168 valence electrons. The van der Waals surface area contributed by atoms with E-state index in [0.29, 0.717) is 23.5 Å². The van der Waals surface area contributed by atoms with E-state index in [9.17, 15) is 18.0 Å². The van der Waals surface area contributed by atoms with Crippen LogP contribution in [0.25, 0.3) is 0 Å². The maximum Gasteiger partial charge on any atom is 0.573 e. The molecule has 0 N–H and O–H groups in total. The smallest absolute Gasteiger partial charge is 0.496 e. The Hall–Kier alpha value is -2.94. The molecule has 31 heavy (non-hydrogen) atoms. The lowest BCUT2D eigenvalue weighted by Crippen LogP contribution is -2.37. The Morgan fingerprint density at radius 3 is 2.10 bits per heavy atom. The summed E-state index contributed by atoms with van der Waals surface area (Å²) in [4.78, 5) is 16.8. The molecule has 0 bridgehead atoms. The van der Waals surface area contributed by atoms with Gasteiger partial charge in [0.15, 0.2) is 0 Å². The first-order valence-electron chi connectivity index (χ1n) is 9.67. The van der Waals surface area contributed by atoms with Gasteiger partial charge in [-0.15, -0.1) is 13.2 Å². The summed E-state index contributed by atoms with van der Waals surface area (Å²) in [6, 6.07) is 10.3. The summed E-state index contributed by atoms with van der Waals surface area (Å²) in [6.07, 6.45) is -4.23. The minimum absolute atomic E-state index is 0.0708. The van der Waals surface area contributed by atoms with Crippen LogP contribution in [-0.2, 0) is 11.3 Å². The van der Waals surface area contributed by atoms with Crippen molar-refractivity contribution in [2.75, 3.05) is 28.3 Å². The molecular formula is C22H25F3N2O4. The van der Waals surface area contributed by atoms with Gasteiger partial charge in [0.25, 0.3) is 0 Å². The van der Waals surface area contributed by atoms with E-state index in [-0.39, 0.29) is 30.3 Å². The van der Waals surface area contributed by atoms with Crippen LogP contribution in [-0.4, -0.2) is 56.4 Å². The van der Waals surface area contributed by atoms with Gasteiger partial charge in [0.2, 0.25) is 5.91 Å². The van der Waals surface area contributed by atoms with Crippen LogP contribution < -0.4 is 14.2 Å². The van der Waals surface area contributed by atoms with Gasteiger partial charge in [0.1, 0.15) is 17.2 Å². The summed E-state index contributed by atoms with van der Waals surface area (Å²) in [5, 5.41) is 0. The second-order valence-corrected chi connectivity index (χ2v) is 7.47. The average Bonchev–Trinajstić information content (AvgIpc) is 3.03. The Bertz CT molecular complexity index is 894. The maximum absolute atomic E-state index is 13.2. The molecule has 3 rings (SSSR count). The number of benzene rings is 2. The summed E-state index contributed by atoms with van der Waals surface area (Å²) in [6.45, 7) is 0.224. The normalized spacial score (nSPS) is 19.1. The molecular weight excluding hydrogens is 413 g/mol.